The second-order valence-corrected chi connectivity index (χ2v) is 4.34. The molecule has 3 nitrogen and oxygen atoms in total. The molecule has 0 heterocycles. The molecule has 1 amide bonds. The summed E-state index contributed by atoms with van der Waals surface area (Å²) in [6.07, 6.45) is 0. The standard InChI is InChI=1S/C16H17NO2/c1-12-13(11-19-2)7-6-10-15(12)16(18)17-14-8-4-3-5-9-14/h3-10H,11H2,1-2H3,(H,17,18). The number of hydrogen-bond acceptors (Lipinski definition) is 2. The summed E-state index contributed by atoms with van der Waals surface area (Å²) in [6, 6.07) is 15.1. The van der Waals surface area contributed by atoms with Gasteiger partial charge in [-0.3, -0.25) is 4.79 Å². The molecule has 0 aliphatic carbocycles. The van der Waals surface area contributed by atoms with Crippen molar-refractivity contribution in [2.75, 3.05) is 12.4 Å². The van der Waals surface area contributed by atoms with Crippen molar-refractivity contribution in [1.82, 2.24) is 0 Å². The van der Waals surface area contributed by atoms with Crippen LogP contribution in [0.2, 0.25) is 0 Å². The molecule has 0 aromatic heterocycles. The van der Waals surface area contributed by atoms with E-state index in [1.54, 1.807) is 7.11 Å². The number of carbonyl (C=O) groups excluding carboxylic acids is 1. The summed E-state index contributed by atoms with van der Waals surface area (Å²) < 4.78 is 5.13. The minimum absolute atomic E-state index is 0.0957. The highest BCUT2D eigenvalue weighted by Gasteiger charge is 2.11. The van der Waals surface area contributed by atoms with Crippen molar-refractivity contribution in [2.45, 2.75) is 13.5 Å². The molecule has 0 aliphatic rings. The minimum Gasteiger partial charge on any atom is -0.380 e. The molecule has 3 heteroatoms. The first kappa shape index (κ1) is 13.3. The van der Waals surface area contributed by atoms with Gasteiger partial charge in [-0.2, -0.15) is 0 Å². The molecule has 0 fully saturated rings. The second kappa shape index (κ2) is 6.16. The molecule has 0 saturated heterocycles. The summed E-state index contributed by atoms with van der Waals surface area (Å²) in [5.74, 6) is -0.0957. The summed E-state index contributed by atoms with van der Waals surface area (Å²) >= 11 is 0. The van der Waals surface area contributed by atoms with Gasteiger partial charge in [0.1, 0.15) is 0 Å². The Labute approximate surface area is 113 Å². The van der Waals surface area contributed by atoms with E-state index in [-0.39, 0.29) is 5.91 Å². The van der Waals surface area contributed by atoms with Gasteiger partial charge in [0.25, 0.3) is 5.91 Å². The summed E-state index contributed by atoms with van der Waals surface area (Å²) in [4.78, 5) is 12.2. The third-order valence-corrected chi connectivity index (χ3v) is 3.02. The van der Waals surface area contributed by atoms with E-state index in [2.05, 4.69) is 5.32 Å². The maximum Gasteiger partial charge on any atom is 0.255 e. The predicted octanol–water partition coefficient (Wildman–Crippen LogP) is 3.39. The van der Waals surface area contributed by atoms with Crippen molar-refractivity contribution in [1.29, 1.82) is 0 Å². The molecule has 0 atom stereocenters. The normalized spacial score (nSPS) is 10.2. The number of anilines is 1. The van der Waals surface area contributed by atoms with Crippen molar-refractivity contribution >= 4 is 11.6 Å². The molecule has 2 aromatic rings. The first-order valence-corrected chi connectivity index (χ1v) is 6.16. The number of rotatable bonds is 4. The van der Waals surface area contributed by atoms with Crippen LogP contribution in [-0.2, 0) is 11.3 Å². The number of carbonyl (C=O) groups is 1. The van der Waals surface area contributed by atoms with E-state index in [1.165, 1.54) is 0 Å². The highest BCUT2D eigenvalue weighted by Crippen LogP contribution is 2.16. The van der Waals surface area contributed by atoms with E-state index >= 15 is 0 Å². The lowest BCUT2D eigenvalue weighted by Gasteiger charge is -2.11. The van der Waals surface area contributed by atoms with Gasteiger partial charge in [0.05, 0.1) is 6.61 Å². The number of amides is 1. The third-order valence-electron chi connectivity index (χ3n) is 3.02. The molecular weight excluding hydrogens is 238 g/mol. The van der Waals surface area contributed by atoms with E-state index in [0.717, 1.165) is 16.8 Å². The van der Waals surface area contributed by atoms with Gasteiger partial charge >= 0.3 is 0 Å². The Bertz CT molecular complexity index is 564. The van der Waals surface area contributed by atoms with Crippen molar-refractivity contribution in [2.24, 2.45) is 0 Å². The fraction of sp³-hybridized carbons (Fsp3) is 0.188. The number of para-hydroxylation sites is 1. The molecule has 2 aromatic carbocycles. The Morgan fingerprint density at radius 1 is 1.11 bits per heavy atom. The number of nitrogens with one attached hydrogen (secondary N) is 1. The fourth-order valence-corrected chi connectivity index (χ4v) is 1.96. The van der Waals surface area contributed by atoms with Crippen LogP contribution >= 0.6 is 0 Å². The quantitative estimate of drug-likeness (QED) is 0.909. The zero-order chi connectivity index (χ0) is 13.7. The lowest BCUT2D eigenvalue weighted by Crippen LogP contribution is -2.14. The molecule has 0 bridgehead atoms. The Morgan fingerprint density at radius 2 is 1.84 bits per heavy atom. The molecule has 1 N–H and O–H groups in total. The molecule has 0 spiro atoms. The summed E-state index contributed by atoms with van der Waals surface area (Å²) in [5.41, 5.74) is 3.46. The number of methoxy groups -OCH3 is 1. The lowest BCUT2D eigenvalue weighted by molar-refractivity contribution is 0.102. The molecule has 2 rings (SSSR count). The molecule has 0 radical (unpaired) electrons. The maximum atomic E-state index is 12.2. The second-order valence-electron chi connectivity index (χ2n) is 4.34. The van der Waals surface area contributed by atoms with Crippen LogP contribution in [-0.4, -0.2) is 13.0 Å². The zero-order valence-corrected chi connectivity index (χ0v) is 11.1. The monoisotopic (exact) mass is 255 g/mol. The fourth-order valence-electron chi connectivity index (χ4n) is 1.96. The topological polar surface area (TPSA) is 38.3 Å². The maximum absolute atomic E-state index is 12.2. The SMILES string of the molecule is COCc1cccc(C(=O)Nc2ccccc2)c1C. The highest BCUT2D eigenvalue weighted by atomic mass is 16.5. The smallest absolute Gasteiger partial charge is 0.255 e. The molecular formula is C16H17NO2. The lowest BCUT2D eigenvalue weighted by atomic mass is 10.0. The Morgan fingerprint density at radius 3 is 2.53 bits per heavy atom. The van der Waals surface area contributed by atoms with Gasteiger partial charge in [-0.15, -0.1) is 0 Å². The molecule has 19 heavy (non-hydrogen) atoms. The number of ether oxygens (including phenoxy) is 1. The van der Waals surface area contributed by atoms with Crippen molar-refractivity contribution in [3.63, 3.8) is 0 Å². The van der Waals surface area contributed by atoms with Crippen LogP contribution in [0, 0.1) is 6.92 Å². The van der Waals surface area contributed by atoms with Gasteiger partial charge in [-0.25, -0.2) is 0 Å². The number of hydrogen-bond donors (Lipinski definition) is 1. The van der Waals surface area contributed by atoms with Gasteiger partial charge in [0.15, 0.2) is 0 Å². The van der Waals surface area contributed by atoms with Crippen LogP contribution in [0.1, 0.15) is 21.5 Å². The van der Waals surface area contributed by atoms with Gasteiger partial charge in [0.2, 0.25) is 0 Å². The van der Waals surface area contributed by atoms with Crippen LogP contribution in [0.15, 0.2) is 48.5 Å². The predicted molar refractivity (Wildman–Crippen MR) is 76.3 cm³/mol. The van der Waals surface area contributed by atoms with E-state index < -0.39 is 0 Å². The van der Waals surface area contributed by atoms with Gasteiger partial charge in [-0.1, -0.05) is 30.3 Å². The first-order valence-electron chi connectivity index (χ1n) is 6.16. The van der Waals surface area contributed by atoms with Crippen LogP contribution < -0.4 is 5.32 Å². The van der Waals surface area contributed by atoms with E-state index in [9.17, 15) is 4.79 Å². The Hall–Kier alpha value is -2.13. The van der Waals surface area contributed by atoms with E-state index in [4.69, 9.17) is 4.74 Å². The third kappa shape index (κ3) is 3.20. The molecule has 0 saturated carbocycles. The largest absolute Gasteiger partial charge is 0.380 e. The van der Waals surface area contributed by atoms with Gasteiger partial charge < -0.3 is 10.1 Å². The first-order chi connectivity index (χ1) is 9.22. The van der Waals surface area contributed by atoms with Crippen molar-refractivity contribution in [3.05, 3.63) is 65.2 Å². The average molecular weight is 255 g/mol. The van der Waals surface area contributed by atoms with E-state index in [1.807, 2.05) is 55.5 Å². The molecule has 98 valence electrons. The van der Waals surface area contributed by atoms with Crippen LogP contribution in [0.5, 0.6) is 0 Å². The Balaban J connectivity index is 2.22. The summed E-state index contributed by atoms with van der Waals surface area (Å²) in [5, 5.41) is 2.89. The molecule has 0 aliphatic heterocycles. The van der Waals surface area contributed by atoms with Crippen molar-refractivity contribution in [3.8, 4) is 0 Å². The highest BCUT2D eigenvalue weighted by molar-refractivity contribution is 6.05. The van der Waals surface area contributed by atoms with Gasteiger partial charge in [0, 0.05) is 18.4 Å². The summed E-state index contributed by atoms with van der Waals surface area (Å²) in [6.45, 7) is 2.45. The minimum atomic E-state index is -0.0957. The van der Waals surface area contributed by atoms with E-state index in [0.29, 0.717) is 12.2 Å². The van der Waals surface area contributed by atoms with Crippen LogP contribution in [0.25, 0.3) is 0 Å². The van der Waals surface area contributed by atoms with Crippen LogP contribution in [0.4, 0.5) is 5.69 Å². The summed E-state index contributed by atoms with van der Waals surface area (Å²) in [7, 11) is 1.65. The van der Waals surface area contributed by atoms with Crippen LogP contribution in [0.3, 0.4) is 0 Å². The number of benzene rings is 2. The Kier molecular flexibility index (Phi) is 4.31. The van der Waals surface area contributed by atoms with Crippen molar-refractivity contribution < 1.29 is 9.53 Å². The van der Waals surface area contributed by atoms with Gasteiger partial charge in [-0.05, 0) is 36.2 Å². The molecule has 0 unspecified atom stereocenters. The average Bonchev–Trinajstić information content (AvgIpc) is 2.42. The zero-order valence-electron chi connectivity index (χ0n) is 11.1.